The number of nitrogens with zero attached hydrogens (tertiary/aromatic N) is 3. The molecule has 57 heavy (non-hydrogen) atoms. The van der Waals surface area contributed by atoms with E-state index in [9.17, 15) is 0 Å². The highest BCUT2D eigenvalue weighted by Crippen LogP contribution is 2.34. The van der Waals surface area contributed by atoms with Crippen molar-refractivity contribution in [2.75, 3.05) is 0 Å². The molecule has 4 heterocycles. The Kier molecular flexibility index (Phi) is 8.58. The van der Waals surface area contributed by atoms with E-state index in [-0.39, 0.29) is 0 Å². The van der Waals surface area contributed by atoms with E-state index < -0.39 is 0 Å². The summed E-state index contributed by atoms with van der Waals surface area (Å²) in [6.45, 7) is 0. The number of hydrogen-bond donors (Lipinski definition) is 2. The SMILES string of the molecule is N=C1C=CC=C/C1=C1\C=CC(c2ccc(-c3cc(-c4ccc(-c5ccc6ccccc6n5)cc4)nc(-c4ccc(-c5ccc6ccccc6n5)cc4)c3)cc2)=CN1. The average Bonchev–Trinajstić information content (AvgIpc) is 3.29. The van der Waals surface area contributed by atoms with Crippen LogP contribution in [0.2, 0.25) is 0 Å². The largest absolute Gasteiger partial charge is 0.361 e. The minimum Gasteiger partial charge on any atom is -0.361 e. The van der Waals surface area contributed by atoms with Crippen LogP contribution in [0.1, 0.15) is 5.56 Å². The molecule has 0 radical (unpaired) electrons. The standard InChI is InChI=1S/C52H35N5/c53-45-10-4-3-9-44(45)50-30-27-42(33-54-50)34-13-15-35(16-14-34)43-31-51(40-21-17-38(18-22-40)48-28-25-36-7-1-5-11-46(36)55-48)57-52(32-43)41-23-19-39(20-24-41)49-29-26-37-8-2-6-12-47(37)56-49/h1-33,53-54H/b50-44-,53-45?. The van der Waals surface area contributed by atoms with Crippen molar-refractivity contribution in [1.29, 1.82) is 5.41 Å². The van der Waals surface area contributed by atoms with E-state index in [0.29, 0.717) is 5.71 Å². The van der Waals surface area contributed by atoms with E-state index in [1.807, 2.05) is 60.8 Å². The molecule has 0 fully saturated rings. The predicted octanol–water partition coefficient (Wildman–Crippen LogP) is 12.4. The molecule has 10 rings (SSSR count). The van der Waals surface area contributed by atoms with Gasteiger partial charge in [-0.2, -0.15) is 0 Å². The summed E-state index contributed by atoms with van der Waals surface area (Å²) in [5.41, 5.74) is 16.5. The van der Waals surface area contributed by atoms with Crippen molar-refractivity contribution >= 4 is 33.1 Å². The van der Waals surface area contributed by atoms with Crippen LogP contribution in [0.15, 0.2) is 212 Å². The lowest BCUT2D eigenvalue weighted by Crippen LogP contribution is -2.14. The van der Waals surface area contributed by atoms with Gasteiger partial charge in [0.05, 0.1) is 39.5 Å². The fraction of sp³-hybridized carbons (Fsp3) is 0. The molecule has 268 valence electrons. The van der Waals surface area contributed by atoms with Crippen LogP contribution in [0, 0.1) is 5.41 Å². The Bertz CT molecular complexity index is 2880. The van der Waals surface area contributed by atoms with Gasteiger partial charge < -0.3 is 10.7 Å². The molecular weight excluding hydrogens is 695 g/mol. The smallest absolute Gasteiger partial charge is 0.0715 e. The quantitative estimate of drug-likeness (QED) is 0.179. The molecule has 0 amide bonds. The number of aromatic nitrogens is 3. The van der Waals surface area contributed by atoms with Crippen LogP contribution in [0.25, 0.3) is 83.5 Å². The molecular formula is C52H35N5. The molecule has 0 spiro atoms. The summed E-state index contributed by atoms with van der Waals surface area (Å²) in [4.78, 5) is 15.1. The van der Waals surface area contributed by atoms with Crippen LogP contribution in [-0.2, 0) is 0 Å². The molecule has 1 aliphatic heterocycles. The highest BCUT2D eigenvalue weighted by molar-refractivity contribution is 6.10. The van der Waals surface area contributed by atoms with E-state index in [2.05, 4.69) is 145 Å². The fourth-order valence-electron chi connectivity index (χ4n) is 7.42. The normalized spacial score (nSPS) is 14.9. The highest BCUT2D eigenvalue weighted by atomic mass is 14.9. The number of allylic oxidation sites excluding steroid dienone is 8. The third-order valence-corrected chi connectivity index (χ3v) is 10.6. The van der Waals surface area contributed by atoms with Crippen molar-refractivity contribution < 1.29 is 0 Å². The van der Waals surface area contributed by atoms with E-state index in [0.717, 1.165) is 100 Å². The van der Waals surface area contributed by atoms with Crippen molar-refractivity contribution in [2.24, 2.45) is 0 Å². The third-order valence-electron chi connectivity index (χ3n) is 10.6. The number of benzene rings is 5. The van der Waals surface area contributed by atoms with Crippen LogP contribution in [0.4, 0.5) is 0 Å². The monoisotopic (exact) mass is 729 g/mol. The lowest BCUT2D eigenvalue weighted by molar-refractivity contribution is 1.09. The van der Waals surface area contributed by atoms with Crippen LogP contribution in [-0.4, -0.2) is 20.7 Å². The first-order valence-corrected chi connectivity index (χ1v) is 19.0. The molecule has 5 aromatic carbocycles. The lowest BCUT2D eigenvalue weighted by Gasteiger charge is -2.16. The summed E-state index contributed by atoms with van der Waals surface area (Å²) in [6, 6.07) is 54.9. The number of pyridine rings is 3. The van der Waals surface area contributed by atoms with Gasteiger partial charge in [0.25, 0.3) is 0 Å². The first kappa shape index (κ1) is 33.8. The van der Waals surface area contributed by atoms with Gasteiger partial charge in [0, 0.05) is 50.5 Å². The van der Waals surface area contributed by atoms with Gasteiger partial charge >= 0.3 is 0 Å². The van der Waals surface area contributed by atoms with Gasteiger partial charge in [-0.1, -0.05) is 146 Å². The number of rotatable bonds is 6. The minimum absolute atomic E-state index is 0.498. The molecule has 3 aromatic heterocycles. The maximum Gasteiger partial charge on any atom is 0.0715 e. The average molecular weight is 730 g/mol. The second-order valence-electron chi connectivity index (χ2n) is 14.2. The highest BCUT2D eigenvalue weighted by Gasteiger charge is 2.14. The van der Waals surface area contributed by atoms with Crippen molar-refractivity contribution in [3.63, 3.8) is 0 Å². The minimum atomic E-state index is 0.498. The molecule has 5 heteroatoms. The molecule has 1 aliphatic carbocycles. The lowest BCUT2D eigenvalue weighted by atomic mass is 9.96. The van der Waals surface area contributed by atoms with Gasteiger partial charge in [-0.15, -0.1) is 0 Å². The maximum atomic E-state index is 8.28. The van der Waals surface area contributed by atoms with Gasteiger partial charge in [0.15, 0.2) is 0 Å². The van der Waals surface area contributed by atoms with Crippen molar-refractivity contribution in [3.8, 4) is 56.2 Å². The zero-order valence-electron chi connectivity index (χ0n) is 30.9. The summed E-state index contributed by atoms with van der Waals surface area (Å²) >= 11 is 0. The Morgan fingerprint density at radius 1 is 0.386 bits per heavy atom. The molecule has 0 unspecified atom stereocenters. The van der Waals surface area contributed by atoms with E-state index in [1.165, 1.54) is 0 Å². The Labute approximate surface area is 331 Å². The van der Waals surface area contributed by atoms with Crippen molar-refractivity contribution in [2.45, 2.75) is 0 Å². The molecule has 0 saturated heterocycles. The summed E-state index contributed by atoms with van der Waals surface area (Å²) < 4.78 is 0. The molecule has 5 nitrogen and oxygen atoms in total. The number of fused-ring (bicyclic) bond motifs is 2. The molecule has 2 N–H and O–H groups in total. The fourth-order valence-corrected chi connectivity index (χ4v) is 7.42. The third kappa shape index (κ3) is 6.79. The molecule has 0 atom stereocenters. The number of hydrogen-bond acceptors (Lipinski definition) is 5. The van der Waals surface area contributed by atoms with Crippen LogP contribution < -0.4 is 5.32 Å². The summed E-state index contributed by atoms with van der Waals surface area (Å²) in [5.74, 6) is 0. The summed E-state index contributed by atoms with van der Waals surface area (Å²) in [7, 11) is 0. The summed E-state index contributed by atoms with van der Waals surface area (Å²) in [5, 5.41) is 13.9. The number of dihydropyridines is 1. The Hall–Kier alpha value is -7.76. The Balaban J connectivity index is 0.985. The van der Waals surface area contributed by atoms with E-state index in [1.54, 1.807) is 0 Å². The van der Waals surface area contributed by atoms with Gasteiger partial charge in [-0.05, 0) is 70.8 Å². The van der Waals surface area contributed by atoms with Gasteiger partial charge in [0.2, 0.25) is 0 Å². The summed E-state index contributed by atoms with van der Waals surface area (Å²) in [6.07, 6.45) is 13.8. The van der Waals surface area contributed by atoms with Crippen LogP contribution in [0.3, 0.4) is 0 Å². The molecule has 2 aliphatic rings. The Morgan fingerprint density at radius 3 is 1.40 bits per heavy atom. The first-order valence-electron chi connectivity index (χ1n) is 19.0. The first-order chi connectivity index (χ1) is 28.1. The molecule has 8 aromatic rings. The van der Waals surface area contributed by atoms with E-state index >= 15 is 0 Å². The topological polar surface area (TPSA) is 74.5 Å². The maximum absolute atomic E-state index is 8.28. The second-order valence-corrected chi connectivity index (χ2v) is 14.2. The van der Waals surface area contributed by atoms with Gasteiger partial charge in [-0.3, -0.25) is 0 Å². The number of nitrogens with one attached hydrogen (secondary N) is 2. The zero-order chi connectivity index (χ0) is 38.1. The molecule has 0 bridgehead atoms. The van der Waals surface area contributed by atoms with E-state index in [4.69, 9.17) is 20.4 Å². The predicted molar refractivity (Wildman–Crippen MR) is 235 cm³/mol. The second kappa shape index (κ2) is 14.5. The van der Waals surface area contributed by atoms with Gasteiger partial charge in [0.1, 0.15) is 0 Å². The Morgan fingerprint density at radius 2 is 0.877 bits per heavy atom. The number of para-hydroxylation sites is 2. The van der Waals surface area contributed by atoms with Crippen LogP contribution >= 0.6 is 0 Å². The van der Waals surface area contributed by atoms with Gasteiger partial charge in [-0.25, -0.2) is 15.0 Å². The van der Waals surface area contributed by atoms with Crippen LogP contribution in [0.5, 0.6) is 0 Å². The van der Waals surface area contributed by atoms with Crippen molar-refractivity contribution in [3.05, 3.63) is 217 Å². The van der Waals surface area contributed by atoms with Crippen molar-refractivity contribution in [1.82, 2.24) is 20.3 Å². The zero-order valence-corrected chi connectivity index (χ0v) is 30.9. The molecule has 0 saturated carbocycles.